The first-order chi connectivity index (χ1) is 12.8. The fourth-order valence-corrected chi connectivity index (χ4v) is 4.49. The zero-order valence-electron chi connectivity index (χ0n) is 15.3. The van der Waals surface area contributed by atoms with Gasteiger partial charge in [0.15, 0.2) is 0 Å². The van der Waals surface area contributed by atoms with Crippen LogP contribution in [0.25, 0.3) is 0 Å². The van der Waals surface area contributed by atoms with E-state index in [0.29, 0.717) is 31.7 Å². The number of nitrogens with zero attached hydrogens (tertiary/aromatic N) is 4. The summed E-state index contributed by atoms with van der Waals surface area (Å²) in [7, 11) is -3.67. The Bertz CT molecular complexity index is 936. The maximum absolute atomic E-state index is 13.0. The summed E-state index contributed by atoms with van der Waals surface area (Å²) in [4.78, 5) is 21.7. The Morgan fingerprint density at radius 2 is 1.81 bits per heavy atom. The molecule has 2 heterocycles. The highest BCUT2D eigenvalue weighted by atomic mass is 32.2. The van der Waals surface area contributed by atoms with E-state index < -0.39 is 16.0 Å². The smallest absolute Gasteiger partial charge is 0.307 e. The van der Waals surface area contributed by atoms with Gasteiger partial charge in [0.2, 0.25) is 10.0 Å². The Hall–Kier alpha value is -2.52. The highest BCUT2D eigenvalue weighted by Crippen LogP contribution is 2.22. The van der Waals surface area contributed by atoms with Crippen LogP contribution in [0.4, 0.5) is 5.82 Å². The van der Waals surface area contributed by atoms with E-state index in [1.807, 2.05) is 11.8 Å². The molecular weight excluding hydrogens is 368 g/mol. The molecule has 8 nitrogen and oxygen atoms in total. The number of piperazine rings is 1. The summed E-state index contributed by atoms with van der Waals surface area (Å²) in [6.45, 7) is 5.34. The summed E-state index contributed by atoms with van der Waals surface area (Å²) in [5.41, 5.74) is 2.10. The number of carbonyl (C=O) groups is 1. The largest absolute Gasteiger partial charge is 0.481 e. The Labute approximate surface area is 158 Å². The number of aryl methyl sites for hydroxylation is 2. The maximum atomic E-state index is 13.0. The molecule has 0 saturated carbocycles. The summed E-state index contributed by atoms with van der Waals surface area (Å²) < 4.78 is 27.3. The Morgan fingerprint density at radius 1 is 1.11 bits per heavy atom. The average molecular weight is 390 g/mol. The van der Waals surface area contributed by atoms with Crippen LogP contribution in [-0.4, -0.2) is 59.9 Å². The van der Waals surface area contributed by atoms with Crippen LogP contribution < -0.4 is 4.90 Å². The molecule has 0 bridgehead atoms. The monoisotopic (exact) mass is 390 g/mol. The zero-order valence-corrected chi connectivity index (χ0v) is 16.1. The van der Waals surface area contributed by atoms with Gasteiger partial charge in [0.05, 0.1) is 29.4 Å². The van der Waals surface area contributed by atoms with E-state index in [-0.39, 0.29) is 11.3 Å². The van der Waals surface area contributed by atoms with E-state index in [1.54, 1.807) is 25.4 Å². The molecule has 1 N–H and O–H groups in total. The highest BCUT2D eigenvalue weighted by molar-refractivity contribution is 7.89. The van der Waals surface area contributed by atoms with Crippen molar-refractivity contribution in [3.63, 3.8) is 0 Å². The van der Waals surface area contributed by atoms with Gasteiger partial charge in [-0.05, 0) is 37.1 Å². The number of carboxylic acids is 1. The molecule has 0 amide bonds. The van der Waals surface area contributed by atoms with Crippen molar-refractivity contribution in [1.82, 2.24) is 14.3 Å². The van der Waals surface area contributed by atoms with Crippen molar-refractivity contribution in [2.75, 3.05) is 31.1 Å². The van der Waals surface area contributed by atoms with Crippen LogP contribution in [0, 0.1) is 13.8 Å². The summed E-state index contributed by atoms with van der Waals surface area (Å²) >= 11 is 0. The molecule has 0 aliphatic carbocycles. The van der Waals surface area contributed by atoms with Crippen molar-refractivity contribution in [2.45, 2.75) is 25.2 Å². The van der Waals surface area contributed by atoms with Crippen LogP contribution >= 0.6 is 0 Å². The standard InChI is InChI=1S/C18H22N4O4S/c1-13-3-4-16(9-15(13)10-18(23)24)27(25,26)22-7-5-21(6-8-22)17-12-19-14(2)11-20-17/h3-4,9,11-12H,5-8,10H2,1-2H3,(H,23,24). The number of benzene rings is 1. The number of hydrogen-bond acceptors (Lipinski definition) is 6. The molecule has 9 heteroatoms. The molecule has 144 valence electrons. The number of rotatable bonds is 5. The summed E-state index contributed by atoms with van der Waals surface area (Å²) in [5, 5.41) is 9.01. The summed E-state index contributed by atoms with van der Waals surface area (Å²) in [6, 6.07) is 4.66. The first-order valence-corrected chi connectivity index (χ1v) is 10.1. The molecule has 27 heavy (non-hydrogen) atoms. The van der Waals surface area contributed by atoms with Gasteiger partial charge in [0.1, 0.15) is 5.82 Å². The van der Waals surface area contributed by atoms with E-state index in [4.69, 9.17) is 5.11 Å². The molecule has 2 aromatic rings. The van der Waals surface area contributed by atoms with Crippen LogP contribution in [-0.2, 0) is 21.2 Å². The van der Waals surface area contributed by atoms with Gasteiger partial charge in [-0.3, -0.25) is 9.78 Å². The fraction of sp³-hybridized carbons (Fsp3) is 0.389. The first kappa shape index (κ1) is 19.2. The lowest BCUT2D eigenvalue weighted by molar-refractivity contribution is -0.136. The van der Waals surface area contributed by atoms with Crippen molar-refractivity contribution < 1.29 is 18.3 Å². The predicted molar refractivity (Wildman–Crippen MR) is 100 cm³/mol. The van der Waals surface area contributed by atoms with Crippen molar-refractivity contribution in [2.24, 2.45) is 0 Å². The molecule has 1 aromatic carbocycles. The fourth-order valence-electron chi connectivity index (χ4n) is 3.02. The summed E-state index contributed by atoms with van der Waals surface area (Å²) in [5.74, 6) is -0.253. The minimum Gasteiger partial charge on any atom is -0.481 e. The quantitative estimate of drug-likeness (QED) is 0.819. The van der Waals surface area contributed by atoms with Gasteiger partial charge in [-0.25, -0.2) is 13.4 Å². The van der Waals surface area contributed by atoms with Gasteiger partial charge in [-0.15, -0.1) is 0 Å². The zero-order chi connectivity index (χ0) is 19.6. The van der Waals surface area contributed by atoms with Crippen molar-refractivity contribution in [3.05, 3.63) is 47.4 Å². The molecular formula is C18H22N4O4S. The van der Waals surface area contributed by atoms with Gasteiger partial charge in [-0.2, -0.15) is 4.31 Å². The number of hydrogen-bond donors (Lipinski definition) is 1. The van der Waals surface area contributed by atoms with E-state index in [1.165, 1.54) is 16.4 Å². The second kappa shape index (κ2) is 7.61. The van der Waals surface area contributed by atoms with Crippen LogP contribution in [0.2, 0.25) is 0 Å². The van der Waals surface area contributed by atoms with Crippen molar-refractivity contribution in [1.29, 1.82) is 0 Å². The number of aliphatic carboxylic acids is 1. The molecule has 1 aromatic heterocycles. The Kier molecular flexibility index (Phi) is 5.43. The lowest BCUT2D eigenvalue weighted by atomic mass is 10.1. The van der Waals surface area contributed by atoms with Gasteiger partial charge < -0.3 is 10.0 Å². The molecule has 1 saturated heterocycles. The number of aromatic nitrogens is 2. The first-order valence-electron chi connectivity index (χ1n) is 8.62. The van der Waals surface area contributed by atoms with Crippen LogP contribution in [0.1, 0.15) is 16.8 Å². The van der Waals surface area contributed by atoms with Gasteiger partial charge in [0.25, 0.3) is 0 Å². The lowest BCUT2D eigenvalue weighted by Crippen LogP contribution is -2.49. The molecule has 0 unspecified atom stereocenters. The summed E-state index contributed by atoms with van der Waals surface area (Å²) in [6.07, 6.45) is 3.18. The minimum atomic E-state index is -3.67. The van der Waals surface area contributed by atoms with Crippen molar-refractivity contribution in [3.8, 4) is 0 Å². The number of carboxylic acid groups (broad SMARTS) is 1. The third-order valence-electron chi connectivity index (χ3n) is 4.63. The lowest BCUT2D eigenvalue weighted by Gasteiger charge is -2.34. The third-order valence-corrected chi connectivity index (χ3v) is 6.52. The second-order valence-corrected chi connectivity index (χ2v) is 8.50. The maximum Gasteiger partial charge on any atom is 0.307 e. The van der Waals surface area contributed by atoms with E-state index in [9.17, 15) is 13.2 Å². The number of anilines is 1. The minimum absolute atomic E-state index is 0.132. The SMILES string of the molecule is Cc1cnc(N2CCN(S(=O)(=O)c3ccc(C)c(CC(=O)O)c3)CC2)cn1. The van der Waals surface area contributed by atoms with Crippen LogP contribution in [0.5, 0.6) is 0 Å². The second-order valence-electron chi connectivity index (χ2n) is 6.57. The molecule has 0 radical (unpaired) electrons. The predicted octanol–water partition coefficient (Wildman–Crippen LogP) is 1.23. The average Bonchev–Trinajstić information content (AvgIpc) is 2.64. The van der Waals surface area contributed by atoms with Crippen molar-refractivity contribution >= 4 is 21.8 Å². The topological polar surface area (TPSA) is 104 Å². The van der Waals surface area contributed by atoms with E-state index >= 15 is 0 Å². The Balaban J connectivity index is 1.75. The third kappa shape index (κ3) is 4.25. The van der Waals surface area contributed by atoms with E-state index in [0.717, 1.165) is 17.1 Å². The molecule has 1 aliphatic heterocycles. The molecule has 0 spiro atoms. The molecule has 1 aliphatic rings. The van der Waals surface area contributed by atoms with Gasteiger partial charge in [0, 0.05) is 26.2 Å². The van der Waals surface area contributed by atoms with Crippen LogP contribution in [0.15, 0.2) is 35.5 Å². The van der Waals surface area contributed by atoms with Gasteiger partial charge in [-0.1, -0.05) is 6.07 Å². The van der Waals surface area contributed by atoms with Crippen LogP contribution in [0.3, 0.4) is 0 Å². The molecule has 0 atom stereocenters. The molecule has 1 fully saturated rings. The highest BCUT2D eigenvalue weighted by Gasteiger charge is 2.29. The normalized spacial score (nSPS) is 15.7. The number of sulfonamides is 1. The van der Waals surface area contributed by atoms with E-state index in [2.05, 4.69) is 9.97 Å². The molecule has 3 rings (SSSR count). The Morgan fingerprint density at radius 3 is 2.41 bits per heavy atom. The van der Waals surface area contributed by atoms with Gasteiger partial charge >= 0.3 is 5.97 Å².